The van der Waals surface area contributed by atoms with Crippen LogP contribution >= 0.6 is 0 Å². The maximum atomic E-state index is 10.8. The average molecular weight is 222 g/mol. The first kappa shape index (κ1) is 10.9. The Morgan fingerprint density at radius 2 is 2.44 bits per heavy atom. The number of nitrogens with zero attached hydrogens (tertiary/aromatic N) is 2. The lowest BCUT2D eigenvalue weighted by Crippen LogP contribution is -2.26. The predicted octanol–water partition coefficient (Wildman–Crippen LogP) is 1.04. The van der Waals surface area contributed by atoms with Gasteiger partial charge in [-0.05, 0) is 18.1 Å². The zero-order valence-electron chi connectivity index (χ0n) is 8.83. The van der Waals surface area contributed by atoms with Crippen LogP contribution in [0.2, 0.25) is 0 Å². The molecule has 1 saturated heterocycles. The first-order chi connectivity index (χ1) is 7.72. The lowest BCUT2D eigenvalue weighted by molar-refractivity contribution is 0.155. The Hall–Kier alpha value is -1.62. The van der Waals surface area contributed by atoms with Crippen LogP contribution in [0.25, 0.3) is 0 Å². The summed E-state index contributed by atoms with van der Waals surface area (Å²) < 4.78 is 0. The summed E-state index contributed by atoms with van der Waals surface area (Å²) in [6.07, 6.45) is 1.56. The largest absolute Gasteiger partial charge is 0.465 e. The standard InChI is InChI=1S/C11H14N2O3/c14-7-10-9(2-1-4-12-10)8-3-5-13(6-8)11(15)16/h1-2,4,8,14H,3,5-7H2,(H,15,16). The van der Waals surface area contributed by atoms with Crippen molar-refractivity contribution in [1.82, 2.24) is 9.88 Å². The van der Waals surface area contributed by atoms with Crippen molar-refractivity contribution >= 4 is 6.09 Å². The Labute approximate surface area is 93.3 Å². The second kappa shape index (κ2) is 4.49. The molecule has 0 saturated carbocycles. The van der Waals surface area contributed by atoms with Crippen LogP contribution in [-0.2, 0) is 6.61 Å². The van der Waals surface area contributed by atoms with Crippen LogP contribution in [0.4, 0.5) is 4.79 Å². The molecule has 2 N–H and O–H groups in total. The molecule has 0 radical (unpaired) electrons. The van der Waals surface area contributed by atoms with Gasteiger partial charge in [-0.15, -0.1) is 0 Å². The number of hydrogen-bond donors (Lipinski definition) is 2. The SMILES string of the molecule is O=C(O)N1CCC(c2cccnc2CO)C1. The maximum Gasteiger partial charge on any atom is 0.407 e. The van der Waals surface area contributed by atoms with E-state index < -0.39 is 6.09 Å². The number of carboxylic acid groups (broad SMARTS) is 1. The quantitative estimate of drug-likeness (QED) is 0.784. The molecule has 5 nitrogen and oxygen atoms in total. The van der Waals surface area contributed by atoms with Gasteiger partial charge in [-0.2, -0.15) is 0 Å². The summed E-state index contributed by atoms with van der Waals surface area (Å²) in [4.78, 5) is 16.3. The third-order valence-electron chi connectivity index (χ3n) is 2.97. The number of aliphatic hydroxyl groups is 1. The van der Waals surface area contributed by atoms with Gasteiger partial charge < -0.3 is 15.1 Å². The van der Waals surface area contributed by atoms with Crippen LogP contribution in [0, 0.1) is 0 Å². The van der Waals surface area contributed by atoms with Gasteiger partial charge in [-0.3, -0.25) is 4.98 Å². The molecule has 2 rings (SSSR count). The second-order valence-electron chi connectivity index (χ2n) is 3.91. The van der Waals surface area contributed by atoms with Crippen molar-refractivity contribution in [3.05, 3.63) is 29.6 Å². The molecule has 1 amide bonds. The molecule has 0 aliphatic carbocycles. The van der Waals surface area contributed by atoms with Gasteiger partial charge in [0.2, 0.25) is 0 Å². The Kier molecular flexibility index (Phi) is 3.05. The molecule has 16 heavy (non-hydrogen) atoms. The number of hydrogen-bond acceptors (Lipinski definition) is 3. The number of aliphatic hydroxyl groups excluding tert-OH is 1. The molecule has 1 aliphatic heterocycles. The van der Waals surface area contributed by atoms with Gasteiger partial charge in [-0.1, -0.05) is 6.07 Å². The van der Waals surface area contributed by atoms with Gasteiger partial charge in [0.05, 0.1) is 12.3 Å². The topological polar surface area (TPSA) is 73.7 Å². The van der Waals surface area contributed by atoms with Gasteiger partial charge >= 0.3 is 6.09 Å². The Bertz CT molecular complexity index is 395. The normalized spacial score (nSPS) is 20.1. The lowest BCUT2D eigenvalue weighted by Gasteiger charge is -2.14. The van der Waals surface area contributed by atoms with Gasteiger partial charge in [-0.25, -0.2) is 4.79 Å². The monoisotopic (exact) mass is 222 g/mol. The van der Waals surface area contributed by atoms with Crippen LogP contribution in [0.15, 0.2) is 18.3 Å². The van der Waals surface area contributed by atoms with E-state index in [0.717, 1.165) is 12.0 Å². The van der Waals surface area contributed by atoms with E-state index in [1.807, 2.05) is 12.1 Å². The van der Waals surface area contributed by atoms with Crippen molar-refractivity contribution in [3.63, 3.8) is 0 Å². The number of aromatic nitrogens is 1. The highest BCUT2D eigenvalue weighted by atomic mass is 16.4. The molecular weight excluding hydrogens is 208 g/mol. The van der Waals surface area contributed by atoms with Crippen molar-refractivity contribution in [2.24, 2.45) is 0 Å². The van der Waals surface area contributed by atoms with Gasteiger partial charge in [0.15, 0.2) is 0 Å². The molecule has 0 spiro atoms. The molecule has 0 bridgehead atoms. The van der Waals surface area contributed by atoms with Crippen molar-refractivity contribution in [3.8, 4) is 0 Å². The molecule has 5 heteroatoms. The van der Waals surface area contributed by atoms with Gasteiger partial charge in [0.1, 0.15) is 0 Å². The highest BCUT2D eigenvalue weighted by Crippen LogP contribution is 2.28. The zero-order chi connectivity index (χ0) is 11.5. The fraction of sp³-hybridized carbons (Fsp3) is 0.455. The second-order valence-corrected chi connectivity index (χ2v) is 3.91. The molecule has 1 aliphatic rings. The molecule has 0 aromatic carbocycles. The van der Waals surface area contributed by atoms with E-state index in [4.69, 9.17) is 10.2 Å². The molecular formula is C11H14N2O3. The number of amides is 1. The fourth-order valence-electron chi connectivity index (χ4n) is 2.14. The van der Waals surface area contributed by atoms with Crippen molar-refractivity contribution < 1.29 is 15.0 Å². The Morgan fingerprint density at radius 3 is 3.06 bits per heavy atom. The molecule has 1 unspecified atom stereocenters. The first-order valence-electron chi connectivity index (χ1n) is 5.25. The minimum absolute atomic E-state index is 0.0975. The van der Waals surface area contributed by atoms with Crippen molar-refractivity contribution in [2.75, 3.05) is 13.1 Å². The van der Waals surface area contributed by atoms with E-state index in [1.165, 1.54) is 4.90 Å². The van der Waals surface area contributed by atoms with Gasteiger partial charge in [0.25, 0.3) is 0 Å². The van der Waals surface area contributed by atoms with Crippen LogP contribution in [0.5, 0.6) is 0 Å². The summed E-state index contributed by atoms with van der Waals surface area (Å²) in [5.41, 5.74) is 1.62. The van der Waals surface area contributed by atoms with Crippen molar-refractivity contribution in [2.45, 2.75) is 18.9 Å². The fourth-order valence-corrected chi connectivity index (χ4v) is 2.14. The van der Waals surface area contributed by atoms with E-state index in [9.17, 15) is 4.79 Å². The first-order valence-corrected chi connectivity index (χ1v) is 5.25. The molecule has 2 heterocycles. The minimum atomic E-state index is -0.878. The summed E-state index contributed by atoms with van der Waals surface area (Å²) in [5, 5.41) is 18.0. The minimum Gasteiger partial charge on any atom is -0.465 e. The molecule has 1 atom stereocenters. The third-order valence-corrected chi connectivity index (χ3v) is 2.97. The van der Waals surface area contributed by atoms with Crippen molar-refractivity contribution in [1.29, 1.82) is 0 Å². The predicted molar refractivity (Wildman–Crippen MR) is 57.1 cm³/mol. The van der Waals surface area contributed by atoms with Crippen LogP contribution < -0.4 is 0 Å². The molecule has 1 fully saturated rings. The number of rotatable bonds is 2. The van der Waals surface area contributed by atoms with Gasteiger partial charge in [0, 0.05) is 25.2 Å². The number of likely N-dealkylation sites (tertiary alicyclic amines) is 1. The van der Waals surface area contributed by atoms with E-state index in [1.54, 1.807) is 6.20 Å². The summed E-state index contributed by atoms with van der Waals surface area (Å²) >= 11 is 0. The van der Waals surface area contributed by atoms with Crippen LogP contribution in [-0.4, -0.2) is 39.3 Å². The number of carbonyl (C=O) groups is 1. The van der Waals surface area contributed by atoms with Crippen LogP contribution in [0.3, 0.4) is 0 Å². The molecule has 86 valence electrons. The summed E-state index contributed by atoms with van der Waals surface area (Å²) in [6, 6.07) is 3.73. The number of pyridine rings is 1. The van der Waals surface area contributed by atoms with E-state index >= 15 is 0 Å². The summed E-state index contributed by atoms with van der Waals surface area (Å²) in [6.45, 7) is 0.952. The van der Waals surface area contributed by atoms with E-state index in [2.05, 4.69) is 4.98 Å². The summed E-state index contributed by atoms with van der Waals surface area (Å²) in [7, 11) is 0. The average Bonchev–Trinajstić information content (AvgIpc) is 2.78. The van der Waals surface area contributed by atoms with Crippen LogP contribution in [0.1, 0.15) is 23.6 Å². The summed E-state index contributed by atoms with van der Waals surface area (Å²) in [5.74, 6) is 0.159. The zero-order valence-corrected chi connectivity index (χ0v) is 8.83. The smallest absolute Gasteiger partial charge is 0.407 e. The van der Waals surface area contributed by atoms with E-state index in [-0.39, 0.29) is 12.5 Å². The molecule has 1 aromatic heterocycles. The Balaban J connectivity index is 2.17. The Morgan fingerprint density at radius 1 is 1.62 bits per heavy atom. The highest BCUT2D eigenvalue weighted by molar-refractivity contribution is 5.65. The van der Waals surface area contributed by atoms with E-state index in [0.29, 0.717) is 18.8 Å². The maximum absolute atomic E-state index is 10.8. The lowest BCUT2D eigenvalue weighted by atomic mass is 9.97. The highest BCUT2D eigenvalue weighted by Gasteiger charge is 2.28. The third kappa shape index (κ3) is 1.99. The molecule has 1 aromatic rings.